The second kappa shape index (κ2) is 7.34. The average molecular weight is 389 g/mol. The zero-order valence-electron chi connectivity index (χ0n) is 15.2. The number of benzene rings is 1. The van der Waals surface area contributed by atoms with Crippen LogP contribution >= 0.6 is 11.8 Å². The zero-order valence-corrected chi connectivity index (χ0v) is 16.0. The van der Waals surface area contributed by atoms with Crippen molar-refractivity contribution in [3.63, 3.8) is 0 Å². The number of amides is 1. The van der Waals surface area contributed by atoms with Crippen LogP contribution < -0.4 is 15.6 Å². The van der Waals surface area contributed by atoms with E-state index in [2.05, 4.69) is 10.4 Å². The summed E-state index contributed by atoms with van der Waals surface area (Å²) in [5.41, 5.74) is 1.20. The molecular weight excluding hydrogens is 366 g/mol. The summed E-state index contributed by atoms with van der Waals surface area (Å²) in [7, 11) is 1.49. The summed E-state index contributed by atoms with van der Waals surface area (Å²) in [6, 6.07) is 5.26. The lowest BCUT2D eigenvalue weighted by atomic mass is 9.95. The van der Waals surface area contributed by atoms with Gasteiger partial charge in [-0.25, -0.2) is 0 Å². The Hall–Kier alpha value is -2.35. The van der Waals surface area contributed by atoms with Crippen LogP contribution in [0.1, 0.15) is 54.5 Å². The number of phenols is 1. The van der Waals surface area contributed by atoms with Gasteiger partial charge in [0, 0.05) is 0 Å². The molecule has 1 fully saturated rings. The fourth-order valence-corrected chi connectivity index (χ4v) is 5.09. The molecule has 0 saturated heterocycles. The zero-order chi connectivity index (χ0) is 19.0. The van der Waals surface area contributed by atoms with Crippen LogP contribution in [0.25, 0.3) is 0 Å². The molecule has 1 aliphatic heterocycles. The minimum Gasteiger partial charge on any atom is -0.504 e. The number of aromatic hydroxyl groups is 1. The molecular formula is C19H23N3O4S. The number of carbonyl (C=O) groups is 1. The quantitative estimate of drug-likeness (QED) is 0.749. The highest BCUT2D eigenvalue weighted by Gasteiger charge is 2.32. The molecule has 1 atom stereocenters. The average Bonchev–Trinajstić information content (AvgIpc) is 2.89. The summed E-state index contributed by atoms with van der Waals surface area (Å²) in [6.07, 6.45) is 5.46. The molecule has 0 spiro atoms. The third-order valence-electron chi connectivity index (χ3n) is 5.31. The van der Waals surface area contributed by atoms with Crippen LogP contribution in [0, 0.1) is 0 Å². The number of nitrogens with one attached hydrogen (secondary N) is 2. The second-order valence-electron chi connectivity index (χ2n) is 7.04. The van der Waals surface area contributed by atoms with Crippen molar-refractivity contribution >= 4 is 23.5 Å². The van der Waals surface area contributed by atoms with E-state index in [4.69, 9.17) is 4.74 Å². The molecule has 4 rings (SSSR count). The summed E-state index contributed by atoms with van der Waals surface area (Å²) in [4.78, 5) is 25.2. The van der Waals surface area contributed by atoms with Gasteiger partial charge in [-0.3, -0.25) is 19.4 Å². The monoisotopic (exact) mass is 389 g/mol. The number of hydrogen-bond donors (Lipinski definition) is 3. The van der Waals surface area contributed by atoms with Crippen molar-refractivity contribution in [3.05, 3.63) is 39.7 Å². The van der Waals surface area contributed by atoms with Crippen molar-refractivity contribution in [2.75, 3.05) is 18.2 Å². The normalized spacial score (nSPS) is 20.6. The lowest BCUT2D eigenvalue weighted by Gasteiger charge is -2.24. The molecule has 0 radical (unpaired) electrons. The molecule has 1 aromatic heterocycles. The van der Waals surface area contributed by atoms with Crippen molar-refractivity contribution in [3.8, 4) is 11.5 Å². The predicted octanol–water partition coefficient (Wildman–Crippen LogP) is 3.17. The van der Waals surface area contributed by atoms with Gasteiger partial charge in [-0.15, -0.1) is 11.8 Å². The SMILES string of the molecule is COc1cc(C2SCC(=O)Nc3c2c(=O)[nH]n3C2CCCCC2)ccc1O. The van der Waals surface area contributed by atoms with Crippen molar-refractivity contribution in [1.29, 1.82) is 0 Å². The lowest BCUT2D eigenvalue weighted by molar-refractivity contribution is -0.113. The Balaban J connectivity index is 1.81. The van der Waals surface area contributed by atoms with Gasteiger partial charge in [0.05, 0.1) is 29.7 Å². The Morgan fingerprint density at radius 1 is 1.22 bits per heavy atom. The van der Waals surface area contributed by atoms with Gasteiger partial charge in [-0.2, -0.15) is 0 Å². The number of ether oxygens (including phenoxy) is 1. The van der Waals surface area contributed by atoms with Crippen LogP contribution in [0.3, 0.4) is 0 Å². The Bertz CT molecular complexity index is 914. The van der Waals surface area contributed by atoms with Gasteiger partial charge in [0.1, 0.15) is 5.82 Å². The molecule has 144 valence electrons. The van der Waals surface area contributed by atoms with E-state index >= 15 is 0 Å². The first-order valence-electron chi connectivity index (χ1n) is 9.21. The van der Waals surface area contributed by atoms with Crippen molar-refractivity contribution < 1.29 is 14.6 Å². The van der Waals surface area contributed by atoms with Gasteiger partial charge < -0.3 is 15.2 Å². The van der Waals surface area contributed by atoms with Gasteiger partial charge in [-0.05, 0) is 30.5 Å². The molecule has 1 aromatic carbocycles. The maximum Gasteiger partial charge on any atom is 0.270 e. The molecule has 1 amide bonds. The van der Waals surface area contributed by atoms with E-state index < -0.39 is 0 Å². The van der Waals surface area contributed by atoms with Crippen molar-refractivity contribution in [1.82, 2.24) is 9.78 Å². The van der Waals surface area contributed by atoms with Crippen LogP contribution in [0.15, 0.2) is 23.0 Å². The topological polar surface area (TPSA) is 96.4 Å². The van der Waals surface area contributed by atoms with Crippen molar-refractivity contribution in [2.45, 2.75) is 43.4 Å². The number of fused-ring (bicyclic) bond motifs is 1. The highest BCUT2D eigenvalue weighted by molar-refractivity contribution is 8.00. The Kier molecular flexibility index (Phi) is 4.90. The first-order chi connectivity index (χ1) is 13.1. The molecule has 1 unspecified atom stereocenters. The van der Waals surface area contributed by atoms with E-state index in [0.717, 1.165) is 31.2 Å². The number of H-pyrrole nitrogens is 1. The van der Waals surface area contributed by atoms with E-state index in [0.29, 0.717) is 17.1 Å². The highest BCUT2D eigenvalue weighted by atomic mass is 32.2. The van der Waals surface area contributed by atoms with E-state index in [9.17, 15) is 14.7 Å². The number of methoxy groups -OCH3 is 1. The van der Waals surface area contributed by atoms with Crippen molar-refractivity contribution in [2.24, 2.45) is 0 Å². The predicted molar refractivity (Wildman–Crippen MR) is 105 cm³/mol. The van der Waals surface area contributed by atoms with Crippen LogP contribution in [0.4, 0.5) is 5.82 Å². The number of aromatic amines is 1. The Morgan fingerprint density at radius 3 is 2.74 bits per heavy atom. The molecule has 2 heterocycles. The fraction of sp³-hybridized carbons (Fsp3) is 0.474. The van der Waals surface area contributed by atoms with Gasteiger partial charge >= 0.3 is 0 Å². The molecule has 7 nitrogen and oxygen atoms in total. The molecule has 1 saturated carbocycles. The number of aromatic nitrogens is 2. The summed E-state index contributed by atoms with van der Waals surface area (Å²) >= 11 is 1.40. The molecule has 2 aromatic rings. The number of thioether (sulfide) groups is 1. The number of carbonyl (C=O) groups excluding carboxylic acids is 1. The first-order valence-corrected chi connectivity index (χ1v) is 10.3. The fourth-order valence-electron chi connectivity index (χ4n) is 3.98. The maximum atomic E-state index is 12.9. The smallest absolute Gasteiger partial charge is 0.270 e. The number of rotatable bonds is 3. The largest absolute Gasteiger partial charge is 0.504 e. The number of nitrogens with zero attached hydrogens (tertiary/aromatic N) is 1. The molecule has 2 aliphatic rings. The number of hydrogen-bond acceptors (Lipinski definition) is 5. The van der Waals surface area contributed by atoms with Crippen LogP contribution in [-0.4, -0.2) is 33.7 Å². The van der Waals surface area contributed by atoms with E-state index in [1.165, 1.54) is 25.3 Å². The van der Waals surface area contributed by atoms with Gasteiger partial charge in [0.15, 0.2) is 11.5 Å². The second-order valence-corrected chi connectivity index (χ2v) is 8.13. The van der Waals surface area contributed by atoms with Gasteiger partial charge in [-0.1, -0.05) is 25.3 Å². The summed E-state index contributed by atoms with van der Waals surface area (Å²) in [5.74, 6) is 1.12. The molecule has 0 bridgehead atoms. The first kappa shape index (κ1) is 18.0. The summed E-state index contributed by atoms with van der Waals surface area (Å²) in [6.45, 7) is 0. The third kappa shape index (κ3) is 3.34. The molecule has 8 heteroatoms. The molecule has 3 N–H and O–H groups in total. The van der Waals surface area contributed by atoms with Crippen LogP contribution in [0.2, 0.25) is 0 Å². The van der Waals surface area contributed by atoms with Crippen LogP contribution in [0.5, 0.6) is 11.5 Å². The molecule has 1 aliphatic carbocycles. The highest BCUT2D eigenvalue weighted by Crippen LogP contribution is 2.43. The lowest BCUT2D eigenvalue weighted by Crippen LogP contribution is -2.21. The van der Waals surface area contributed by atoms with Gasteiger partial charge in [0.2, 0.25) is 5.91 Å². The molecule has 27 heavy (non-hydrogen) atoms. The number of anilines is 1. The summed E-state index contributed by atoms with van der Waals surface area (Å²) < 4.78 is 7.08. The number of phenolic OH excluding ortho intramolecular Hbond substituents is 1. The minimum absolute atomic E-state index is 0.0444. The Morgan fingerprint density at radius 2 is 2.00 bits per heavy atom. The third-order valence-corrected chi connectivity index (χ3v) is 6.58. The van der Waals surface area contributed by atoms with Gasteiger partial charge in [0.25, 0.3) is 5.56 Å². The standard InChI is InChI=1S/C19H23N3O4S/c1-26-14-9-11(7-8-13(14)23)17-16-18(20-15(24)10-27-17)22(21-19(16)25)12-5-3-2-4-6-12/h7-9,12,17,23H,2-6,10H2,1H3,(H,20,24)(H,21,25). The van der Waals surface area contributed by atoms with E-state index in [1.807, 2.05) is 4.68 Å². The Labute approximate surface area is 161 Å². The van der Waals surface area contributed by atoms with Crippen LogP contribution in [-0.2, 0) is 4.79 Å². The van der Waals surface area contributed by atoms with E-state index in [1.54, 1.807) is 18.2 Å². The minimum atomic E-state index is -0.318. The van der Waals surface area contributed by atoms with E-state index in [-0.39, 0.29) is 34.3 Å². The summed E-state index contributed by atoms with van der Waals surface area (Å²) in [5, 5.41) is 15.5. The maximum absolute atomic E-state index is 12.9.